The molecule has 0 aliphatic carbocycles. The molecule has 0 saturated carbocycles. The van der Waals surface area contributed by atoms with Gasteiger partial charge in [0, 0.05) is 16.5 Å². The maximum Gasteiger partial charge on any atom is 0.139 e. The van der Waals surface area contributed by atoms with Crippen molar-refractivity contribution in [3.8, 4) is 17.1 Å². The number of rotatable bonds is 4. The molecule has 0 amide bonds. The second kappa shape index (κ2) is 7.92. The van der Waals surface area contributed by atoms with Gasteiger partial charge in [0.2, 0.25) is 0 Å². The van der Waals surface area contributed by atoms with Crippen LogP contribution in [-0.2, 0) is 0 Å². The Labute approximate surface area is 157 Å². The minimum Gasteiger partial charge on any atom is -0.496 e. The van der Waals surface area contributed by atoms with Gasteiger partial charge in [-0.05, 0) is 30.3 Å². The van der Waals surface area contributed by atoms with Crippen LogP contribution in [0, 0.1) is 10.8 Å². The fourth-order valence-corrected chi connectivity index (χ4v) is 2.40. The van der Waals surface area contributed by atoms with Gasteiger partial charge in [-0.25, -0.2) is 0 Å². The standard InChI is InChI=1S/C17H16N4O2.2ClH/c1-22-13-5-4-10(16(18)19)6-12(13)15-7-9-2-3-11(17(20)21)8-14(9)23-15;;/h2-8H,1H3,(H3,18,19)(H3,20,21);2*1H. The third kappa shape index (κ3) is 3.87. The van der Waals surface area contributed by atoms with Crippen molar-refractivity contribution in [2.24, 2.45) is 11.5 Å². The van der Waals surface area contributed by atoms with E-state index < -0.39 is 0 Å². The Balaban J connectivity index is 0.00000156. The van der Waals surface area contributed by atoms with Gasteiger partial charge in [0.05, 0.1) is 12.7 Å². The van der Waals surface area contributed by atoms with Gasteiger partial charge in [0.25, 0.3) is 0 Å². The van der Waals surface area contributed by atoms with Crippen molar-refractivity contribution in [1.82, 2.24) is 0 Å². The Morgan fingerprint density at radius 3 is 2.12 bits per heavy atom. The van der Waals surface area contributed by atoms with Crippen molar-refractivity contribution in [3.05, 3.63) is 53.6 Å². The van der Waals surface area contributed by atoms with Gasteiger partial charge in [-0.2, -0.15) is 0 Å². The zero-order chi connectivity index (χ0) is 16.6. The van der Waals surface area contributed by atoms with Crippen molar-refractivity contribution in [1.29, 1.82) is 10.8 Å². The number of fused-ring (bicyclic) bond motifs is 1. The Hall–Kier alpha value is -2.70. The highest BCUT2D eigenvalue weighted by Gasteiger charge is 2.14. The van der Waals surface area contributed by atoms with E-state index in [1.54, 1.807) is 37.4 Å². The largest absolute Gasteiger partial charge is 0.496 e. The van der Waals surface area contributed by atoms with E-state index in [4.69, 9.17) is 31.4 Å². The summed E-state index contributed by atoms with van der Waals surface area (Å²) in [5, 5.41) is 16.0. The Morgan fingerprint density at radius 2 is 1.52 bits per heavy atom. The van der Waals surface area contributed by atoms with Crippen LogP contribution in [0.4, 0.5) is 0 Å². The Morgan fingerprint density at radius 1 is 0.920 bits per heavy atom. The molecule has 0 aliphatic heterocycles. The monoisotopic (exact) mass is 380 g/mol. The topological polar surface area (TPSA) is 122 Å². The van der Waals surface area contributed by atoms with Crippen molar-refractivity contribution in [2.45, 2.75) is 0 Å². The summed E-state index contributed by atoms with van der Waals surface area (Å²) in [4.78, 5) is 0. The molecule has 3 aromatic rings. The zero-order valence-electron chi connectivity index (χ0n) is 13.3. The highest BCUT2D eigenvalue weighted by atomic mass is 35.5. The second-order valence-corrected chi connectivity index (χ2v) is 5.11. The summed E-state index contributed by atoms with van der Waals surface area (Å²) in [7, 11) is 1.57. The van der Waals surface area contributed by atoms with Crippen LogP contribution in [0.3, 0.4) is 0 Å². The van der Waals surface area contributed by atoms with Crippen LogP contribution in [0.25, 0.3) is 22.3 Å². The summed E-state index contributed by atoms with van der Waals surface area (Å²) >= 11 is 0. The number of amidine groups is 2. The van der Waals surface area contributed by atoms with Crippen LogP contribution in [0.5, 0.6) is 5.75 Å². The van der Waals surface area contributed by atoms with Gasteiger partial charge in [-0.1, -0.05) is 12.1 Å². The molecule has 6 nitrogen and oxygen atoms in total. The number of furan rings is 1. The normalized spacial score (nSPS) is 9.80. The predicted octanol–water partition coefficient (Wildman–Crippen LogP) is 3.52. The quantitative estimate of drug-likeness (QED) is 0.408. The lowest BCUT2D eigenvalue weighted by Gasteiger charge is -2.08. The van der Waals surface area contributed by atoms with E-state index in [9.17, 15) is 0 Å². The number of nitrogen functional groups attached to an aromatic ring is 2. The van der Waals surface area contributed by atoms with E-state index in [1.165, 1.54) is 0 Å². The van der Waals surface area contributed by atoms with Gasteiger partial charge in [-0.3, -0.25) is 10.8 Å². The molecule has 0 aliphatic rings. The van der Waals surface area contributed by atoms with Crippen LogP contribution in [0.1, 0.15) is 11.1 Å². The molecule has 132 valence electrons. The lowest BCUT2D eigenvalue weighted by atomic mass is 10.1. The smallest absolute Gasteiger partial charge is 0.139 e. The highest BCUT2D eigenvalue weighted by Crippen LogP contribution is 2.35. The van der Waals surface area contributed by atoms with E-state index >= 15 is 0 Å². The minimum absolute atomic E-state index is 0. The zero-order valence-corrected chi connectivity index (χ0v) is 15.0. The summed E-state index contributed by atoms with van der Waals surface area (Å²) in [6, 6.07) is 12.4. The first-order chi connectivity index (χ1) is 11.0. The van der Waals surface area contributed by atoms with Crippen LogP contribution in [0.15, 0.2) is 46.9 Å². The lowest BCUT2D eigenvalue weighted by Crippen LogP contribution is -2.11. The third-order valence-electron chi connectivity index (χ3n) is 3.61. The van der Waals surface area contributed by atoms with Crippen molar-refractivity contribution < 1.29 is 9.15 Å². The van der Waals surface area contributed by atoms with Crippen molar-refractivity contribution in [2.75, 3.05) is 7.11 Å². The molecule has 2 aromatic carbocycles. The molecular weight excluding hydrogens is 363 g/mol. The fraction of sp³-hybridized carbons (Fsp3) is 0.0588. The number of hydrogen-bond donors (Lipinski definition) is 4. The van der Waals surface area contributed by atoms with Gasteiger partial charge in [0.15, 0.2) is 0 Å². The van der Waals surface area contributed by atoms with Crippen molar-refractivity contribution in [3.63, 3.8) is 0 Å². The van der Waals surface area contributed by atoms with Crippen LogP contribution in [-0.4, -0.2) is 18.8 Å². The molecule has 8 heteroatoms. The number of methoxy groups -OCH3 is 1. The minimum atomic E-state index is -0.0242. The summed E-state index contributed by atoms with van der Waals surface area (Å²) in [5.74, 6) is 1.19. The molecule has 0 bridgehead atoms. The number of halogens is 2. The predicted molar refractivity (Wildman–Crippen MR) is 105 cm³/mol. The molecule has 0 radical (unpaired) electrons. The highest BCUT2D eigenvalue weighted by molar-refractivity contribution is 5.99. The average Bonchev–Trinajstić information content (AvgIpc) is 2.96. The van der Waals surface area contributed by atoms with E-state index in [2.05, 4.69) is 0 Å². The Bertz CT molecular complexity index is 938. The summed E-state index contributed by atoms with van der Waals surface area (Å²) in [6.07, 6.45) is 0. The maximum absolute atomic E-state index is 7.57. The molecule has 1 heterocycles. The molecule has 0 fully saturated rings. The molecule has 0 atom stereocenters. The molecule has 25 heavy (non-hydrogen) atoms. The molecule has 0 saturated heterocycles. The van der Waals surface area contributed by atoms with E-state index in [0.29, 0.717) is 33.8 Å². The number of hydrogen-bond acceptors (Lipinski definition) is 4. The van der Waals surface area contributed by atoms with Gasteiger partial charge in [0.1, 0.15) is 28.8 Å². The fourth-order valence-electron chi connectivity index (χ4n) is 2.40. The number of ether oxygens (including phenoxy) is 1. The van der Waals surface area contributed by atoms with E-state index in [1.807, 2.05) is 12.1 Å². The maximum atomic E-state index is 7.57. The second-order valence-electron chi connectivity index (χ2n) is 5.11. The Kier molecular flexibility index (Phi) is 6.44. The summed E-state index contributed by atoms with van der Waals surface area (Å²) in [5.41, 5.74) is 13.6. The molecule has 1 aromatic heterocycles. The van der Waals surface area contributed by atoms with Crippen molar-refractivity contribution >= 4 is 47.5 Å². The number of nitrogens with two attached hydrogens (primary N) is 2. The van der Waals surface area contributed by atoms with Crippen LogP contribution in [0.2, 0.25) is 0 Å². The SMILES string of the molecule is COc1ccc(C(=N)N)cc1-c1cc2ccc(C(=N)N)cc2o1.Cl.Cl. The van der Waals surface area contributed by atoms with E-state index in [0.717, 1.165) is 5.39 Å². The molecular formula is C17H18Cl2N4O2. The number of benzene rings is 2. The number of nitrogens with one attached hydrogen (secondary N) is 2. The van der Waals surface area contributed by atoms with Crippen LogP contribution < -0.4 is 16.2 Å². The van der Waals surface area contributed by atoms with Crippen LogP contribution >= 0.6 is 24.8 Å². The lowest BCUT2D eigenvalue weighted by molar-refractivity contribution is 0.415. The summed E-state index contributed by atoms with van der Waals surface area (Å²) in [6.45, 7) is 0. The molecule has 0 unspecified atom stereocenters. The molecule has 0 spiro atoms. The van der Waals surface area contributed by atoms with E-state index in [-0.39, 0.29) is 36.5 Å². The first-order valence-corrected chi connectivity index (χ1v) is 6.90. The van der Waals surface area contributed by atoms with Gasteiger partial charge >= 0.3 is 0 Å². The average molecular weight is 381 g/mol. The first kappa shape index (κ1) is 20.3. The first-order valence-electron chi connectivity index (χ1n) is 6.90. The van der Waals surface area contributed by atoms with Gasteiger partial charge < -0.3 is 20.6 Å². The molecule has 3 rings (SSSR count). The van der Waals surface area contributed by atoms with Gasteiger partial charge in [-0.15, -0.1) is 24.8 Å². The third-order valence-corrected chi connectivity index (χ3v) is 3.61. The summed E-state index contributed by atoms with van der Waals surface area (Å²) < 4.78 is 11.2. The molecule has 6 N–H and O–H groups in total.